The summed E-state index contributed by atoms with van der Waals surface area (Å²) in [5.41, 5.74) is 3.01. The second-order valence-corrected chi connectivity index (χ2v) is 6.40. The fourth-order valence-corrected chi connectivity index (χ4v) is 3.42. The van der Waals surface area contributed by atoms with E-state index in [0.717, 1.165) is 29.7 Å². The molecule has 1 amide bonds. The highest BCUT2D eigenvalue weighted by molar-refractivity contribution is 5.83. The number of ether oxygens (including phenoxy) is 1. The van der Waals surface area contributed by atoms with Crippen molar-refractivity contribution in [2.45, 2.75) is 31.9 Å². The number of aromatic nitrogens is 2. The van der Waals surface area contributed by atoms with Gasteiger partial charge in [-0.2, -0.15) is 8.78 Å². The van der Waals surface area contributed by atoms with Gasteiger partial charge in [0, 0.05) is 37.2 Å². The zero-order valence-electron chi connectivity index (χ0n) is 13.4. The highest BCUT2D eigenvalue weighted by Crippen LogP contribution is 2.49. The number of fused-ring (bicyclic) bond motifs is 1. The number of hydrogen-bond donors (Lipinski definition) is 0. The molecule has 5 nitrogen and oxygen atoms in total. The van der Waals surface area contributed by atoms with E-state index in [9.17, 15) is 13.6 Å². The van der Waals surface area contributed by atoms with Gasteiger partial charge in [-0.05, 0) is 30.0 Å². The van der Waals surface area contributed by atoms with Gasteiger partial charge in [-0.3, -0.25) is 4.79 Å². The summed E-state index contributed by atoms with van der Waals surface area (Å²) in [5, 5.41) is 0. The summed E-state index contributed by atoms with van der Waals surface area (Å²) in [6.07, 6.45) is 4.85. The number of nitrogens with zero attached hydrogens (tertiary/aromatic N) is 3. The number of carbonyl (C=O) groups is 1. The molecule has 25 heavy (non-hydrogen) atoms. The molecule has 130 valence electrons. The molecule has 0 unspecified atom stereocenters. The molecule has 0 bridgehead atoms. The van der Waals surface area contributed by atoms with Crippen LogP contribution >= 0.6 is 0 Å². The van der Waals surface area contributed by atoms with Crippen molar-refractivity contribution < 1.29 is 18.3 Å². The summed E-state index contributed by atoms with van der Waals surface area (Å²) in [7, 11) is 0. The Labute approximate surface area is 143 Å². The first-order valence-electron chi connectivity index (χ1n) is 8.23. The predicted octanol–water partition coefficient (Wildman–Crippen LogP) is 2.77. The fraction of sp³-hybridized carbons (Fsp3) is 0.389. The van der Waals surface area contributed by atoms with Gasteiger partial charge < -0.3 is 9.64 Å². The Kier molecular flexibility index (Phi) is 4.07. The maximum absolute atomic E-state index is 12.7. The first-order chi connectivity index (χ1) is 12.1. The van der Waals surface area contributed by atoms with Gasteiger partial charge in [-0.1, -0.05) is 12.1 Å². The van der Waals surface area contributed by atoms with Gasteiger partial charge in [0.15, 0.2) is 0 Å². The molecule has 4 rings (SSSR count). The van der Waals surface area contributed by atoms with E-state index in [-0.39, 0.29) is 23.5 Å². The molecule has 2 atom stereocenters. The van der Waals surface area contributed by atoms with Crippen LogP contribution in [0.4, 0.5) is 8.78 Å². The van der Waals surface area contributed by atoms with Crippen LogP contribution in [0.2, 0.25) is 0 Å². The lowest BCUT2D eigenvalue weighted by Crippen LogP contribution is -2.37. The minimum atomic E-state index is -2.83. The zero-order valence-corrected chi connectivity index (χ0v) is 13.4. The van der Waals surface area contributed by atoms with E-state index < -0.39 is 6.61 Å². The van der Waals surface area contributed by atoms with Crippen molar-refractivity contribution in [1.29, 1.82) is 0 Å². The van der Waals surface area contributed by atoms with Crippen LogP contribution in [-0.2, 0) is 17.8 Å². The van der Waals surface area contributed by atoms with Crippen molar-refractivity contribution in [2.75, 3.05) is 6.54 Å². The fourth-order valence-electron chi connectivity index (χ4n) is 3.42. The molecule has 1 aromatic carbocycles. The number of hydrogen-bond acceptors (Lipinski definition) is 4. The highest BCUT2D eigenvalue weighted by atomic mass is 19.3. The number of halogens is 2. The van der Waals surface area contributed by atoms with Gasteiger partial charge in [0.05, 0.1) is 5.69 Å². The number of alkyl halides is 2. The first kappa shape index (κ1) is 15.9. The summed E-state index contributed by atoms with van der Waals surface area (Å²) >= 11 is 0. The molecule has 0 saturated heterocycles. The topological polar surface area (TPSA) is 55.3 Å². The molecule has 0 spiro atoms. The summed E-state index contributed by atoms with van der Waals surface area (Å²) in [6, 6.07) is 6.57. The molecule has 7 heteroatoms. The van der Waals surface area contributed by atoms with E-state index in [4.69, 9.17) is 0 Å². The Morgan fingerprint density at radius 3 is 2.84 bits per heavy atom. The largest absolute Gasteiger partial charge is 0.435 e. The van der Waals surface area contributed by atoms with Crippen LogP contribution in [0.1, 0.15) is 29.2 Å². The summed E-state index contributed by atoms with van der Waals surface area (Å²) in [5.74, 6) is 0.400. The van der Waals surface area contributed by atoms with E-state index in [1.807, 2.05) is 4.90 Å². The van der Waals surface area contributed by atoms with Crippen molar-refractivity contribution in [1.82, 2.24) is 14.9 Å². The average Bonchev–Trinajstić information content (AvgIpc) is 3.41. The Morgan fingerprint density at radius 2 is 2.08 bits per heavy atom. The SMILES string of the molecule is O=C([C@@H]1C[C@H]1c1ccc(OC(F)F)cc1)N1CCc2ncncc2C1. The van der Waals surface area contributed by atoms with Gasteiger partial charge in [-0.25, -0.2) is 9.97 Å². The van der Waals surface area contributed by atoms with Crippen molar-refractivity contribution in [3.63, 3.8) is 0 Å². The number of rotatable bonds is 4. The van der Waals surface area contributed by atoms with E-state index >= 15 is 0 Å². The average molecular weight is 345 g/mol. The minimum Gasteiger partial charge on any atom is -0.435 e. The van der Waals surface area contributed by atoms with Crippen molar-refractivity contribution >= 4 is 5.91 Å². The monoisotopic (exact) mass is 345 g/mol. The number of benzene rings is 1. The maximum Gasteiger partial charge on any atom is 0.387 e. The third-order valence-corrected chi connectivity index (χ3v) is 4.81. The Morgan fingerprint density at radius 1 is 1.28 bits per heavy atom. The summed E-state index contributed by atoms with van der Waals surface area (Å²) < 4.78 is 28.7. The number of carbonyl (C=O) groups excluding carboxylic acids is 1. The smallest absolute Gasteiger partial charge is 0.387 e. The lowest BCUT2D eigenvalue weighted by molar-refractivity contribution is -0.133. The van der Waals surface area contributed by atoms with Crippen molar-refractivity contribution in [3.8, 4) is 5.75 Å². The van der Waals surface area contributed by atoms with Crippen LogP contribution in [0.5, 0.6) is 5.75 Å². The molecule has 0 N–H and O–H groups in total. The zero-order chi connectivity index (χ0) is 17.4. The lowest BCUT2D eigenvalue weighted by Gasteiger charge is -2.28. The standard InChI is InChI=1S/C18H17F2N3O2/c19-18(20)25-13-3-1-11(2-4-13)14-7-15(14)17(24)23-6-5-16-12(9-23)8-21-10-22-16/h1-4,8,10,14-15,18H,5-7,9H2/t14-,15+/m0/s1. The van der Waals surface area contributed by atoms with Crippen molar-refractivity contribution in [2.24, 2.45) is 5.92 Å². The van der Waals surface area contributed by atoms with Gasteiger partial charge >= 0.3 is 6.61 Å². The van der Waals surface area contributed by atoms with Crippen LogP contribution in [0.3, 0.4) is 0 Å². The number of amides is 1. The molecule has 2 aliphatic rings. The molecule has 2 heterocycles. The van der Waals surface area contributed by atoms with Crippen LogP contribution in [0, 0.1) is 5.92 Å². The predicted molar refractivity (Wildman–Crippen MR) is 85.1 cm³/mol. The first-order valence-corrected chi connectivity index (χ1v) is 8.23. The van der Waals surface area contributed by atoms with E-state index in [1.54, 1.807) is 18.3 Å². The van der Waals surface area contributed by atoms with E-state index in [1.165, 1.54) is 18.5 Å². The second kappa shape index (κ2) is 6.38. The lowest BCUT2D eigenvalue weighted by atomic mass is 10.1. The molecule has 1 fully saturated rings. The summed E-state index contributed by atoms with van der Waals surface area (Å²) in [6.45, 7) is -1.60. The van der Waals surface area contributed by atoms with Gasteiger partial charge in [0.1, 0.15) is 12.1 Å². The molecule has 1 saturated carbocycles. The van der Waals surface area contributed by atoms with Crippen LogP contribution in [0.25, 0.3) is 0 Å². The normalized spacial score (nSPS) is 21.8. The molecule has 1 aromatic heterocycles. The second-order valence-electron chi connectivity index (χ2n) is 6.40. The molecular weight excluding hydrogens is 328 g/mol. The molecule has 1 aliphatic carbocycles. The van der Waals surface area contributed by atoms with Crippen molar-refractivity contribution in [3.05, 3.63) is 53.6 Å². The maximum atomic E-state index is 12.7. The van der Waals surface area contributed by atoms with Gasteiger partial charge in [-0.15, -0.1) is 0 Å². The van der Waals surface area contributed by atoms with Crippen LogP contribution in [-0.4, -0.2) is 33.9 Å². The molecule has 2 aromatic rings. The Hall–Kier alpha value is -2.57. The molecular formula is C18H17F2N3O2. The third-order valence-electron chi connectivity index (χ3n) is 4.81. The molecule has 0 radical (unpaired) electrons. The molecule has 1 aliphatic heterocycles. The Bertz CT molecular complexity index is 782. The van der Waals surface area contributed by atoms with Crippen LogP contribution < -0.4 is 4.74 Å². The van der Waals surface area contributed by atoms with E-state index in [0.29, 0.717) is 13.1 Å². The van der Waals surface area contributed by atoms with Crippen LogP contribution in [0.15, 0.2) is 36.8 Å². The minimum absolute atomic E-state index is 0.0342. The quantitative estimate of drug-likeness (QED) is 0.855. The highest BCUT2D eigenvalue weighted by Gasteiger charge is 2.46. The summed E-state index contributed by atoms with van der Waals surface area (Å²) in [4.78, 5) is 22.9. The van der Waals surface area contributed by atoms with Gasteiger partial charge in [0.25, 0.3) is 0 Å². The van der Waals surface area contributed by atoms with E-state index in [2.05, 4.69) is 14.7 Å². The van der Waals surface area contributed by atoms with Gasteiger partial charge in [0.2, 0.25) is 5.91 Å². The Balaban J connectivity index is 1.39. The third kappa shape index (κ3) is 3.31.